The molecule has 0 N–H and O–H groups in total. The van der Waals surface area contributed by atoms with E-state index in [1.165, 1.54) is 0 Å². The van der Waals surface area contributed by atoms with Gasteiger partial charge in [0.2, 0.25) is 5.90 Å². The SMILES string of the molecule is CCOc1cc(C=C2N=C(c3ccccc3)OC2=O)ccc1OCCOc1cc(C)cc(C)c1. The van der Waals surface area contributed by atoms with E-state index in [0.29, 0.717) is 37.2 Å². The number of cyclic esters (lactones) is 1. The number of carbonyl (C=O) groups excluding carboxylic acids is 1. The highest BCUT2D eigenvalue weighted by atomic mass is 16.6. The third-order valence-electron chi connectivity index (χ3n) is 5.02. The van der Waals surface area contributed by atoms with Crippen molar-refractivity contribution in [3.63, 3.8) is 0 Å². The molecule has 0 amide bonds. The Morgan fingerprint density at radius 3 is 2.32 bits per heavy atom. The van der Waals surface area contributed by atoms with E-state index in [9.17, 15) is 4.79 Å². The highest BCUT2D eigenvalue weighted by molar-refractivity contribution is 6.12. The lowest BCUT2D eigenvalue weighted by molar-refractivity contribution is -0.129. The maximum absolute atomic E-state index is 12.3. The molecule has 6 heteroatoms. The molecule has 0 saturated carbocycles. The van der Waals surface area contributed by atoms with Gasteiger partial charge in [0.1, 0.15) is 19.0 Å². The van der Waals surface area contributed by atoms with Crippen molar-refractivity contribution in [2.24, 2.45) is 4.99 Å². The first-order valence-corrected chi connectivity index (χ1v) is 11.2. The predicted molar refractivity (Wildman–Crippen MR) is 132 cm³/mol. The van der Waals surface area contributed by atoms with Crippen LogP contribution in [0.3, 0.4) is 0 Å². The standard InChI is InChI=1S/C28H27NO5/c1-4-31-26-18-21(17-24-28(30)34-27(29-24)22-8-6-5-7-9-22)10-11-25(26)33-13-12-32-23-15-19(2)14-20(3)16-23/h5-11,14-18H,4,12-13H2,1-3H3. The van der Waals surface area contributed by atoms with E-state index in [1.54, 1.807) is 6.08 Å². The minimum absolute atomic E-state index is 0.233. The summed E-state index contributed by atoms with van der Waals surface area (Å²) in [5.41, 5.74) is 4.06. The molecule has 0 aromatic heterocycles. The zero-order valence-corrected chi connectivity index (χ0v) is 19.5. The van der Waals surface area contributed by atoms with Crippen molar-refractivity contribution in [1.29, 1.82) is 0 Å². The molecule has 0 fully saturated rings. The Labute approximate surface area is 199 Å². The molecule has 0 saturated heterocycles. The van der Waals surface area contributed by atoms with Crippen molar-refractivity contribution in [3.8, 4) is 17.2 Å². The molecule has 0 bridgehead atoms. The molecule has 4 rings (SSSR count). The zero-order chi connectivity index (χ0) is 23.9. The molecule has 1 aliphatic rings. The highest BCUT2D eigenvalue weighted by Gasteiger charge is 2.24. The number of benzene rings is 3. The van der Waals surface area contributed by atoms with Crippen LogP contribution in [0.25, 0.3) is 6.08 Å². The lowest BCUT2D eigenvalue weighted by Gasteiger charge is -2.13. The minimum Gasteiger partial charge on any atom is -0.490 e. The van der Waals surface area contributed by atoms with Crippen LogP contribution >= 0.6 is 0 Å². The smallest absolute Gasteiger partial charge is 0.363 e. The molecule has 174 valence electrons. The summed E-state index contributed by atoms with van der Waals surface area (Å²) in [5, 5.41) is 0. The van der Waals surface area contributed by atoms with E-state index >= 15 is 0 Å². The molecule has 3 aromatic rings. The van der Waals surface area contributed by atoms with Gasteiger partial charge in [0.15, 0.2) is 17.2 Å². The number of esters is 1. The average Bonchev–Trinajstić information content (AvgIpc) is 3.18. The van der Waals surface area contributed by atoms with Gasteiger partial charge in [0, 0.05) is 5.56 Å². The summed E-state index contributed by atoms with van der Waals surface area (Å²) < 4.78 is 22.8. The van der Waals surface area contributed by atoms with E-state index in [2.05, 4.69) is 11.1 Å². The van der Waals surface area contributed by atoms with Crippen LogP contribution in [0, 0.1) is 13.8 Å². The van der Waals surface area contributed by atoms with Crippen LogP contribution in [0.1, 0.15) is 29.2 Å². The fraction of sp³-hybridized carbons (Fsp3) is 0.214. The maximum Gasteiger partial charge on any atom is 0.363 e. The van der Waals surface area contributed by atoms with Gasteiger partial charge in [0.25, 0.3) is 0 Å². The average molecular weight is 458 g/mol. The third kappa shape index (κ3) is 5.84. The Morgan fingerprint density at radius 2 is 1.59 bits per heavy atom. The summed E-state index contributed by atoms with van der Waals surface area (Å²) in [7, 11) is 0. The molecule has 1 heterocycles. The molecular formula is C28H27NO5. The summed E-state index contributed by atoms with van der Waals surface area (Å²) in [6, 6.07) is 20.9. The summed E-state index contributed by atoms with van der Waals surface area (Å²) in [6.45, 7) is 7.24. The summed E-state index contributed by atoms with van der Waals surface area (Å²) in [5.74, 6) is 1.83. The predicted octanol–water partition coefficient (Wildman–Crippen LogP) is 5.50. The normalized spacial score (nSPS) is 14.0. The highest BCUT2D eigenvalue weighted by Crippen LogP contribution is 2.30. The second-order valence-electron chi connectivity index (χ2n) is 7.86. The topological polar surface area (TPSA) is 66.4 Å². The summed E-state index contributed by atoms with van der Waals surface area (Å²) >= 11 is 0. The van der Waals surface area contributed by atoms with E-state index in [0.717, 1.165) is 28.0 Å². The Bertz CT molecular complexity index is 1210. The number of carbonyl (C=O) groups is 1. The second-order valence-corrected chi connectivity index (χ2v) is 7.86. The summed E-state index contributed by atoms with van der Waals surface area (Å²) in [4.78, 5) is 16.7. The molecular weight excluding hydrogens is 430 g/mol. The lowest BCUT2D eigenvalue weighted by Crippen LogP contribution is -2.10. The van der Waals surface area contributed by atoms with Crippen LogP contribution in [-0.2, 0) is 9.53 Å². The van der Waals surface area contributed by atoms with Gasteiger partial charge in [-0.15, -0.1) is 0 Å². The molecule has 34 heavy (non-hydrogen) atoms. The van der Waals surface area contributed by atoms with Gasteiger partial charge >= 0.3 is 5.97 Å². The van der Waals surface area contributed by atoms with Crippen LogP contribution in [0.4, 0.5) is 0 Å². The van der Waals surface area contributed by atoms with Gasteiger partial charge in [-0.2, -0.15) is 0 Å². The van der Waals surface area contributed by atoms with Crippen molar-refractivity contribution in [1.82, 2.24) is 0 Å². The quantitative estimate of drug-likeness (QED) is 0.241. The Kier molecular flexibility index (Phi) is 7.28. The number of rotatable bonds is 9. The van der Waals surface area contributed by atoms with E-state index < -0.39 is 5.97 Å². The minimum atomic E-state index is -0.485. The Hall–Kier alpha value is -4.06. The first-order chi connectivity index (χ1) is 16.5. The molecule has 0 radical (unpaired) electrons. The van der Waals surface area contributed by atoms with E-state index in [1.807, 2.05) is 81.4 Å². The lowest BCUT2D eigenvalue weighted by atomic mass is 10.1. The van der Waals surface area contributed by atoms with Crippen LogP contribution < -0.4 is 14.2 Å². The van der Waals surface area contributed by atoms with Crippen molar-refractivity contribution in [2.45, 2.75) is 20.8 Å². The van der Waals surface area contributed by atoms with E-state index in [4.69, 9.17) is 18.9 Å². The van der Waals surface area contributed by atoms with Crippen LogP contribution in [0.5, 0.6) is 17.2 Å². The van der Waals surface area contributed by atoms with Gasteiger partial charge in [-0.3, -0.25) is 0 Å². The first kappa shape index (κ1) is 23.1. The Balaban J connectivity index is 1.44. The summed E-state index contributed by atoms with van der Waals surface area (Å²) in [6.07, 6.45) is 1.67. The van der Waals surface area contributed by atoms with Crippen LogP contribution in [0.15, 0.2) is 77.4 Å². The molecule has 0 atom stereocenters. The largest absolute Gasteiger partial charge is 0.490 e. The number of aryl methyl sites for hydroxylation is 2. The molecule has 0 aliphatic carbocycles. The number of aliphatic imine (C=N–C) groups is 1. The van der Waals surface area contributed by atoms with Gasteiger partial charge < -0.3 is 18.9 Å². The second kappa shape index (κ2) is 10.7. The monoisotopic (exact) mass is 457 g/mol. The van der Waals surface area contributed by atoms with Crippen LogP contribution in [0.2, 0.25) is 0 Å². The zero-order valence-electron chi connectivity index (χ0n) is 19.5. The van der Waals surface area contributed by atoms with Gasteiger partial charge in [-0.25, -0.2) is 9.79 Å². The van der Waals surface area contributed by atoms with Gasteiger partial charge in [-0.1, -0.05) is 30.3 Å². The van der Waals surface area contributed by atoms with Crippen molar-refractivity contribution < 1.29 is 23.7 Å². The molecule has 0 spiro atoms. The van der Waals surface area contributed by atoms with Gasteiger partial charge in [-0.05, 0) is 79.9 Å². The first-order valence-electron chi connectivity index (χ1n) is 11.2. The fourth-order valence-corrected chi connectivity index (χ4v) is 3.60. The number of ether oxygens (including phenoxy) is 4. The van der Waals surface area contributed by atoms with Crippen LogP contribution in [-0.4, -0.2) is 31.7 Å². The third-order valence-corrected chi connectivity index (χ3v) is 5.02. The van der Waals surface area contributed by atoms with Crippen molar-refractivity contribution in [2.75, 3.05) is 19.8 Å². The fourth-order valence-electron chi connectivity index (χ4n) is 3.60. The maximum atomic E-state index is 12.3. The number of hydrogen-bond acceptors (Lipinski definition) is 6. The molecule has 6 nitrogen and oxygen atoms in total. The molecule has 0 unspecified atom stereocenters. The number of nitrogens with zero attached hydrogens (tertiary/aromatic N) is 1. The molecule has 3 aromatic carbocycles. The number of hydrogen-bond donors (Lipinski definition) is 0. The van der Waals surface area contributed by atoms with Crippen molar-refractivity contribution >= 4 is 17.9 Å². The Morgan fingerprint density at radius 1 is 0.853 bits per heavy atom. The van der Waals surface area contributed by atoms with E-state index in [-0.39, 0.29) is 5.70 Å². The van der Waals surface area contributed by atoms with Crippen molar-refractivity contribution in [3.05, 3.63) is 94.7 Å². The molecule has 1 aliphatic heterocycles. The van der Waals surface area contributed by atoms with Gasteiger partial charge in [0.05, 0.1) is 6.61 Å².